The zero-order valence-corrected chi connectivity index (χ0v) is 13.5. The molecule has 0 fully saturated rings. The molecule has 25 heavy (non-hydrogen) atoms. The van der Waals surface area contributed by atoms with Crippen LogP contribution in [0.4, 0.5) is 14.5 Å². The third-order valence-corrected chi connectivity index (χ3v) is 3.74. The standard InChI is InChI=1S/C19H17F2N3O/c20-10-9-14-12-22-24(13-14)17-7-5-16(6-8-17)23-19(25)11-15-3-1-2-4-18(15)21/h1-8,12-13H,9-11H2,(H,23,25). The SMILES string of the molecule is O=C(Cc1ccccc1F)Nc1ccc(-n2cc(CCF)cn2)cc1. The average molecular weight is 341 g/mol. The van der Waals surface area contributed by atoms with E-state index in [2.05, 4.69) is 10.4 Å². The minimum absolute atomic E-state index is 0.0276. The van der Waals surface area contributed by atoms with Crippen LogP contribution in [0.15, 0.2) is 60.9 Å². The van der Waals surface area contributed by atoms with Crippen molar-refractivity contribution in [3.63, 3.8) is 0 Å². The molecule has 0 saturated carbocycles. The van der Waals surface area contributed by atoms with E-state index in [4.69, 9.17) is 0 Å². The number of hydrogen-bond donors (Lipinski definition) is 1. The second-order valence-electron chi connectivity index (χ2n) is 5.60. The Bertz CT molecular complexity index is 859. The maximum absolute atomic E-state index is 13.6. The van der Waals surface area contributed by atoms with Crippen LogP contribution in [0.2, 0.25) is 0 Å². The maximum Gasteiger partial charge on any atom is 0.228 e. The number of anilines is 1. The second kappa shape index (κ2) is 7.70. The van der Waals surface area contributed by atoms with Gasteiger partial charge in [0, 0.05) is 18.3 Å². The Morgan fingerprint density at radius 3 is 2.60 bits per heavy atom. The fourth-order valence-corrected chi connectivity index (χ4v) is 2.46. The molecule has 4 nitrogen and oxygen atoms in total. The van der Waals surface area contributed by atoms with Crippen LogP contribution < -0.4 is 5.32 Å². The van der Waals surface area contributed by atoms with E-state index in [0.29, 0.717) is 17.7 Å². The number of aryl methyl sites for hydroxylation is 1. The molecular weight excluding hydrogens is 324 g/mol. The molecule has 2 aromatic carbocycles. The van der Waals surface area contributed by atoms with Gasteiger partial charge in [-0.1, -0.05) is 18.2 Å². The normalized spacial score (nSPS) is 10.6. The molecule has 0 bridgehead atoms. The Labute approximate surface area is 144 Å². The number of nitrogens with one attached hydrogen (secondary N) is 1. The number of carbonyl (C=O) groups excluding carboxylic acids is 1. The number of aromatic nitrogens is 2. The van der Waals surface area contributed by atoms with Crippen LogP contribution in [0.25, 0.3) is 5.69 Å². The van der Waals surface area contributed by atoms with Crippen molar-refractivity contribution in [2.24, 2.45) is 0 Å². The molecule has 1 amide bonds. The highest BCUT2D eigenvalue weighted by molar-refractivity contribution is 5.92. The maximum atomic E-state index is 13.6. The summed E-state index contributed by atoms with van der Waals surface area (Å²) in [6, 6.07) is 13.3. The van der Waals surface area contributed by atoms with Crippen molar-refractivity contribution < 1.29 is 13.6 Å². The number of hydrogen-bond acceptors (Lipinski definition) is 2. The minimum atomic E-state index is -0.418. The molecule has 0 spiro atoms. The summed E-state index contributed by atoms with van der Waals surface area (Å²) in [5.74, 6) is -0.682. The summed E-state index contributed by atoms with van der Waals surface area (Å²) >= 11 is 0. The Hall–Kier alpha value is -3.02. The summed E-state index contributed by atoms with van der Waals surface area (Å²) in [7, 11) is 0. The van der Waals surface area contributed by atoms with Gasteiger partial charge in [0.05, 0.1) is 25.0 Å². The van der Waals surface area contributed by atoms with Gasteiger partial charge in [0.1, 0.15) is 5.82 Å². The lowest BCUT2D eigenvalue weighted by Crippen LogP contribution is -2.15. The molecule has 0 aliphatic carbocycles. The fraction of sp³-hybridized carbons (Fsp3) is 0.158. The van der Waals surface area contributed by atoms with E-state index < -0.39 is 12.5 Å². The van der Waals surface area contributed by atoms with Crippen molar-refractivity contribution in [2.45, 2.75) is 12.8 Å². The molecule has 0 aliphatic rings. The molecule has 3 rings (SSSR count). The van der Waals surface area contributed by atoms with Gasteiger partial charge in [-0.2, -0.15) is 5.10 Å². The summed E-state index contributed by atoms with van der Waals surface area (Å²) < 4.78 is 27.6. The smallest absolute Gasteiger partial charge is 0.228 e. The van der Waals surface area contributed by atoms with Gasteiger partial charge in [-0.3, -0.25) is 9.18 Å². The van der Waals surface area contributed by atoms with Crippen LogP contribution >= 0.6 is 0 Å². The van der Waals surface area contributed by atoms with Gasteiger partial charge in [0.2, 0.25) is 5.91 Å². The van der Waals surface area contributed by atoms with Crippen molar-refractivity contribution in [3.05, 3.63) is 77.9 Å². The fourth-order valence-electron chi connectivity index (χ4n) is 2.46. The van der Waals surface area contributed by atoms with Gasteiger partial charge >= 0.3 is 0 Å². The molecule has 1 heterocycles. The van der Waals surface area contributed by atoms with Crippen molar-refractivity contribution in [1.82, 2.24) is 9.78 Å². The van der Waals surface area contributed by atoms with Gasteiger partial charge in [-0.25, -0.2) is 9.07 Å². The highest BCUT2D eigenvalue weighted by atomic mass is 19.1. The molecule has 0 aliphatic heterocycles. The van der Waals surface area contributed by atoms with Crippen LogP contribution in [-0.4, -0.2) is 22.4 Å². The second-order valence-corrected chi connectivity index (χ2v) is 5.60. The highest BCUT2D eigenvalue weighted by Crippen LogP contribution is 2.15. The quantitative estimate of drug-likeness (QED) is 0.743. The Balaban J connectivity index is 1.64. The van der Waals surface area contributed by atoms with Crippen LogP contribution in [0.1, 0.15) is 11.1 Å². The molecular formula is C19H17F2N3O. The Kier molecular flexibility index (Phi) is 5.18. The Morgan fingerprint density at radius 1 is 1.12 bits per heavy atom. The molecule has 3 aromatic rings. The first kappa shape index (κ1) is 16.8. The Morgan fingerprint density at radius 2 is 1.88 bits per heavy atom. The molecule has 0 radical (unpaired) electrons. The van der Waals surface area contributed by atoms with Crippen molar-refractivity contribution in [3.8, 4) is 5.69 Å². The zero-order chi connectivity index (χ0) is 17.6. The average Bonchev–Trinajstić information content (AvgIpc) is 3.07. The zero-order valence-electron chi connectivity index (χ0n) is 13.5. The summed E-state index contributed by atoms with van der Waals surface area (Å²) in [5, 5.41) is 6.92. The van der Waals surface area contributed by atoms with E-state index >= 15 is 0 Å². The summed E-state index contributed by atoms with van der Waals surface area (Å²) in [6.45, 7) is -0.418. The molecule has 0 atom stereocenters. The van der Waals surface area contributed by atoms with Crippen molar-refractivity contribution >= 4 is 11.6 Å². The highest BCUT2D eigenvalue weighted by Gasteiger charge is 2.08. The van der Waals surface area contributed by atoms with Gasteiger partial charge in [-0.05, 0) is 41.5 Å². The number of rotatable bonds is 6. The third-order valence-electron chi connectivity index (χ3n) is 3.74. The summed E-state index contributed by atoms with van der Waals surface area (Å²) in [4.78, 5) is 12.0. The molecule has 1 N–H and O–H groups in total. The van der Waals surface area contributed by atoms with Gasteiger partial charge < -0.3 is 5.32 Å². The van der Waals surface area contributed by atoms with E-state index in [9.17, 15) is 13.6 Å². The number of alkyl halides is 1. The van der Waals surface area contributed by atoms with Crippen molar-refractivity contribution in [2.75, 3.05) is 12.0 Å². The van der Waals surface area contributed by atoms with Crippen LogP contribution in [0, 0.1) is 5.82 Å². The lowest BCUT2D eigenvalue weighted by Gasteiger charge is -2.07. The predicted octanol–water partition coefficient (Wildman–Crippen LogP) is 3.70. The molecule has 0 unspecified atom stereocenters. The first-order valence-corrected chi connectivity index (χ1v) is 7.89. The lowest BCUT2D eigenvalue weighted by molar-refractivity contribution is -0.115. The van der Waals surface area contributed by atoms with Crippen molar-refractivity contribution in [1.29, 1.82) is 0 Å². The van der Waals surface area contributed by atoms with Crippen LogP contribution in [-0.2, 0) is 17.6 Å². The van der Waals surface area contributed by atoms with Gasteiger partial charge in [0.15, 0.2) is 0 Å². The van der Waals surface area contributed by atoms with Gasteiger partial charge in [-0.15, -0.1) is 0 Å². The first-order chi connectivity index (χ1) is 12.2. The van der Waals surface area contributed by atoms with E-state index in [1.54, 1.807) is 59.5 Å². The van der Waals surface area contributed by atoms with Crippen LogP contribution in [0.3, 0.4) is 0 Å². The minimum Gasteiger partial charge on any atom is -0.326 e. The number of nitrogens with zero attached hydrogens (tertiary/aromatic N) is 2. The summed E-state index contributed by atoms with van der Waals surface area (Å²) in [5.41, 5.74) is 2.59. The van der Waals surface area contributed by atoms with E-state index in [0.717, 1.165) is 11.3 Å². The lowest BCUT2D eigenvalue weighted by atomic mass is 10.1. The topological polar surface area (TPSA) is 46.9 Å². The third kappa shape index (κ3) is 4.29. The van der Waals surface area contributed by atoms with Gasteiger partial charge in [0.25, 0.3) is 0 Å². The molecule has 0 saturated heterocycles. The summed E-state index contributed by atoms with van der Waals surface area (Å²) in [6.07, 6.45) is 3.71. The van der Waals surface area contributed by atoms with E-state index in [1.165, 1.54) is 6.07 Å². The monoisotopic (exact) mass is 341 g/mol. The predicted molar refractivity (Wildman–Crippen MR) is 92.0 cm³/mol. The molecule has 1 aromatic heterocycles. The first-order valence-electron chi connectivity index (χ1n) is 7.89. The number of benzene rings is 2. The largest absolute Gasteiger partial charge is 0.326 e. The van der Waals surface area contributed by atoms with Crippen LogP contribution in [0.5, 0.6) is 0 Å². The molecule has 6 heteroatoms. The van der Waals surface area contributed by atoms with E-state index in [-0.39, 0.29) is 12.3 Å². The number of amides is 1. The number of carbonyl (C=O) groups is 1. The molecule has 128 valence electrons. The number of halogens is 2. The van der Waals surface area contributed by atoms with E-state index in [1.807, 2.05) is 0 Å².